The van der Waals surface area contributed by atoms with Crippen molar-refractivity contribution in [3.05, 3.63) is 59.4 Å². The average molecular weight is 331 g/mol. The van der Waals surface area contributed by atoms with Gasteiger partial charge in [-0.25, -0.2) is 0 Å². The molecule has 0 spiro atoms. The van der Waals surface area contributed by atoms with E-state index in [0.29, 0.717) is 40.5 Å². The molecule has 5 heteroatoms. The maximum Gasteiger partial charge on any atom is 0.176 e. The summed E-state index contributed by atoms with van der Waals surface area (Å²) in [6.45, 7) is 4.41. The lowest BCUT2D eigenvalue weighted by Gasteiger charge is -2.15. The third-order valence-electron chi connectivity index (χ3n) is 3.92. The van der Waals surface area contributed by atoms with Crippen LogP contribution in [-0.4, -0.2) is 6.61 Å². The number of ether oxygens (including phenoxy) is 1. The molecule has 25 heavy (non-hydrogen) atoms. The van der Waals surface area contributed by atoms with E-state index >= 15 is 0 Å². The van der Waals surface area contributed by atoms with Gasteiger partial charge in [-0.2, -0.15) is 10.5 Å². The van der Waals surface area contributed by atoms with Crippen molar-refractivity contribution in [1.82, 2.24) is 0 Å². The second-order valence-electron chi connectivity index (χ2n) is 5.57. The Balaban J connectivity index is 1.97. The molecule has 1 atom stereocenters. The fourth-order valence-electron chi connectivity index (χ4n) is 2.72. The van der Waals surface area contributed by atoms with E-state index < -0.39 is 0 Å². The summed E-state index contributed by atoms with van der Waals surface area (Å²) in [4.78, 5) is 0. The largest absolute Gasteiger partial charge is 0.490 e. The predicted molar refractivity (Wildman–Crippen MR) is 95.3 cm³/mol. The predicted octanol–water partition coefficient (Wildman–Crippen LogP) is 4.75. The van der Waals surface area contributed by atoms with Crippen molar-refractivity contribution < 1.29 is 9.15 Å². The standard InChI is InChI=1S/C20H17N3O2/c1-3-24-17-9-5-6-14-10-18(25-20(14)17)13(2)23-19-15(11-21)7-4-8-16(19)12-22/h4-10,13,23H,3H2,1-2H3. The summed E-state index contributed by atoms with van der Waals surface area (Å²) in [5.41, 5.74) is 2.07. The van der Waals surface area contributed by atoms with Crippen LogP contribution in [0.25, 0.3) is 11.0 Å². The number of furan rings is 1. The first-order valence-electron chi connectivity index (χ1n) is 8.03. The Morgan fingerprint density at radius 1 is 1.12 bits per heavy atom. The third-order valence-corrected chi connectivity index (χ3v) is 3.92. The van der Waals surface area contributed by atoms with Gasteiger partial charge in [0.15, 0.2) is 11.3 Å². The van der Waals surface area contributed by atoms with E-state index in [4.69, 9.17) is 9.15 Å². The zero-order valence-electron chi connectivity index (χ0n) is 14.0. The van der Waals surface area contributed by atoms with Gasteiger partial charge in [-0.15, -0.1) is 0 Å². The first-order valence-corrected chi connectivity index (χ1v) is 8.03. The molecule has 0 saturated heterocycles. The molecule has 0 aliphatic rings. The molecule has 0 saturated carbocycles. The van der Waals surface area contributed by atoms with Gasteiger partial charge >= 0.3 is 0 Å². The van der Waals surface area contributed by atoms with Crippen molar-refractivity contribution in [3.63, 3.8) is 0 Å². The number of hydrogen-bond acceptors (Lipinski definition) is 5. The van der Waals surface area contributed by atoms with Crippen LogP contribution in [0.4, 0.5) is 5.69 Å². The molecule has 5 nitrogen and oxygen atoms in total. The van der Waals surface area contributed by atoms with Crippen molar-refractivity contribution in [1.29, 1.82) is 10.5 Å². The lowest BCUT2D eigenvalue weighted by molar-refractivity contribution is 0.337. The molecular formula is C20H17N3O2. The molecule has 3 aromatic rings. The minimum atomic E-state index is -0.219. The van der Waals surface area contributed by atoms with Gasteiger partial charge in [-0.05, 0) is 38.1 Å². The highest BCUT2D eigenvalue weighted by Crippen LogP contribution is 2.33. The Morgan fingerprint density at radius 3 is 2.44 bits per heavy atom. The molecule has 0 aliphatic carbocycles. The molecule has 0 fully saturated rings. The van der Waals surface area contributed by atoms with Crippen molar-refractivity contribution >= 4 is 16.7 Å². The fraction of sp³-hybridized carbons (Fsp3) is 0.200. The minimum Gasteiger partial charge on any atom is -0.490 e. The summed E-state index contributed by atoms with van der Waals surface area (Å²) in [5.74, 6) is 1.41. The minimum absolute atomic E-state index is 0.219. The molecule has 0 aliphatic heterocycles. The summed E-state index contributed by atoms with van der Waals surface area (Å²) in [6.07, 6.45) is 0. The summed E-state index contributed by atoms with van der Waals surface area (Å²) in [6, 6.07) is 16.8. The van der Waals surface area contributed by atoms with Gasteiger partial charge in [0, 0.05) is 5.39 Å². The van der Waals surface area contributed by atoms with Crippen molar-refractivity contribution in [2.75, 3.05) is 11.9 Å². The van der Waals surface area contributed by atoms with Gasteiger partial charge in [0.25, 0.3) is 0 Å². The van der Waals surface area contributed by atoms with Gasteiger partial charge in [0.1, 0.15) is 17.9 Å². The Morgan fingerprint density at radius 2 is 1.80 bits per heavy atom. The lowest BCUT2D eigenvalue weighted by atomic mass is 10.1. The van der Waals surface area contributed by atoms with Gasteiger partial charge in [0.2, 0.25) is 0 Å². The number of hydrogen-bond donors (Lipinski definition) is 1. The van der Waals surface area contributed by atoms with Crippen molar-refractivity contribution in [2.45, 2.75) is 19.9 Å². The molecule has 2 aromatic carbocycles. The van der Waals surface area contributed by atoms with Gasteiger partial charge < -0.3 is 14.5 Å². The zero-order chi connectivity index (χ0) is 17.8. The normalized spacial score (nSPS) is 11.5. The lowest BCUT2D eigenvalue weighted by Crippen LogP contribution is -2.08. The highest BCUT2D eigenvalue weighted by molar-refractivity contribution is 5.84. The van der Waals surface area contributed by atoms with Crippen LogP contribution >= 0.6 is 0 Å². The van der Waals surface area contributed by atoms with E-state index in [-0.39, 0.29) is 6.04 Å². The molecule has 1 N–H and O–H groups in total. The van der Waals surface area contributed by atoms with Crippen molar-refractivity contribution in [3.8, 4) is 17.9 Å². The van der Waals surface area contributed by atoms with E-state index in [1.54, 1.807) is 18.2 Å². The smallest absolute Gasteiger partial charge is 0.176 e. The number of benzene rings is 2. The van der Waals surface area contributed by atoms with E-state index in [9.17, 15) is 10.5 Å². The summed E-state index contributed by atoms with van der Waals surface area (Å²) >= 11 is 0. The molecule has 0 amide bonds. The molecule has 1 aromatic heterocycles. The number of nitrogens with zero attached hydrogens (tertiary/aromatic N) is 2. The van der Waals surface area contributed by atoms with E-state index in [1.807, 2.05) is 38.1 Å². The number of nitrogens with one attached hydrogen (secondary N) is 1. The van der Waals surface area contributed by atoms with Gasteiger partial charge in [0.05, 0.1) is 29.5 Å². The molecule has 0 bridgehead atoms. The number of fused-ring (bicyclic) bond motifs is 1. The first-order chi connectivity index (χ1) is 12.2. The van der Waals surface area contributed by atoms with Gasteiger partial charge in [-0.1, -0.05) is 18.2 Å². The third kappa shape index (κ3) is 3.13. The van der Waals surface area contributed by atoms with Crippen LogP contribution in [0.2, 0.25) is 0 Å². The summed E-state index contributed by atoms with van der Waals surface area (Å²) in [7, 11) is 0. The number of nitriles is 2. The average Bonchev–Trinajstić information content (AvgIpc) is 3.07. The van der Waals surface area contributed by atoms with Crippen LogP contribution in [0.1, 0.15) is 36.8 Å². The molecule has 3 rings (SSSR count). The molecule has 0 radical (unpaired) electrons. The summed E-state index contributed by atoms with van der Waals surface area (Å²) < 4.78 is 11.6. The fourth-order valence-corrected chi connectivity index (χ4v) is 2.72. The second kappa shape index (κ2) is 6.98. The molecule has 1 unspecified atom stereocenters. The monoisotopic (exact) mass is 331 g/mol. The zero-order valence-corrected chi connectivity index (χ0v) is 14.0. The first kappa shape index (κ1) is 16.4. The Bertz CT molecular complexity index is 960. The van der Waals surface area contributed by atoms with E-state index in [2.05, 4.69) is 17.5 Å². The molecule has 1 heterocycles. The number of anilines is 1. The number of rotatable bonds is 5. The van der Waals surface area contributed by atoms with Crippen LogP contribution in [-0.2, 0) is 0 Å². The van der Waals surface area contributed by atoms with Crippen LogP contribution in [0.5, 0.6) is 5.75 Å². The highest BCUT2D eigenvalue weighted by Gasteiger charge is 2.17. The van der Waals surface area contributed by atoms with Crippen LogP contribution < -0.4 is 10.1 Å². The molecular weight excluding hydrogens is 314 g/mol. The molecule has 124 valence electrons. The van der Waals surface area contributed by atoms with Crippen LogP contribution in [0.15, 0.2) is 46.9 Å². The maximum atomic E-state index is 9.29. The van der Waals surface area contributed by atoms with Crippen molar-refractivity contribution in [2.24, 2.45) is 0 Å². The van der Waals surface area contributed by atoms with E-state index in [0.717, 1.165) is 5.39 Å². The van der Waals surface area contributed by atoms with Crippen LogP contribution in [0, 0.1) is 22.7 Å². The van der Waals surface area contributed by atoms with E-state index in [1.165, 1.54) is 0 Å². The summed E-state index contributed by atoms with van der Waals surface area (Å²) in [5, 5.41) is 22.8. The quantitative estimate of drug-likeness (QED) is 0.729. The Labute approximate surface area is 146 Å². The Hall–Kier alpha value is -3.44. The second-order valence-corrected chi connectivity index (χ2v) is 5.57. The maximum absolute atomic E-state index is 9.29. The topological polar surface area (TPSA) is 82.0 Å². The van der Waals surface area contributed by atoms with Gasteiger partial charge in [-0.3, -0.25) is 0 Å². The van der Waals surface area contributed by atoms with Crippen LogP contribution in [0.3, 0.4) is 0 Å². The highest BCUT2D eigenvalue weighted by atomic mass is 16.5. The SMILES string of the molecule is CCOc1cccc2cc(C(C)Nc3c(C#N)cccc3C#N)oc12. The number of para-hydroxylation sites is 2. The Kier molecular flexibility index (Phi) is 4.59.